The zero-order chi connectivity index (χ0) is 27.9. The van der Waals surface area contributed by atoms with Crippen LogP contribution >= 0.6 is 11.6 Å². The number of rotatable bonds is 11. The van der Waals surface area contributed by atoms with Crippen LogP contribution in [0, 0.1) is 11.7 Å². The van der Waals surface area contributed by atoms with E-state index >= 15 is 0 Å². The second kappa shape index (κ2) is 12.9. The average molecular weight is 560 g/mol. The number of para-hydroxylation sites is 1. The average Bonchev–Trinajstić information content (AvgIpc) is 2.90. The first kappa shape index (κ1) is 29.1. The van der Waals surface area contributed by atoms with E-state index in [1.165, 1.54) is 4.90 Å². The Balaban J connectivity index is 1.99. The van der Waals surface area contributed by atoms with Gasteiger partial charge in [0.2, 0.25) is 11.8 Å². The van der Waals surface area contributed by atoms with Crippen LogP contribution < -0.4 is 9.62 Å². The number of sulfonamides is 1. The molecule has 0 aliphatic carbocycles. The molecule has 38 heavy (non-hydrogen) atoms. The van der Waals surface area contributed by atoms with Crippen LogP contribution in [-0.4, -0.2) is 44.3 Å². The Morgan fingerprint density at radius 1 is 0.921 bits per heavy atom. The molecule has 10 heteroatoms. The van der Waals surface area contributed by atoms with Gasteiger partial charge in [0.25, 0.3) is 10.0 Å². The summed E-state index contributed by atoms with van der Waals surface area (Å²) in [7, 11) is -4.26. The Kier molecular flexibility index (Phi) is 9.88. The SMILES string of the molecule is CC(C)CNC(=O)[C@@H](C)N(Cc1ccccc1Cl)C(=O)CN(c1ccccc1)S(=O)(=O)c1ccc(F)cc1. The highest BCUT2D eigenvalue weighted by Gasteiger charge is 2.32. The maximum atomic E-state index is 13.8. The molecule has 0 radical (unpaired) electrons. The third-order valence-electron chi connectivity index (χ3n) is 5.88. The van der Waals surface area contributed by atoms with E-state index in [-0.39, 0.29) is 29.0 Å². The van der Waals surface area contributed by atoms with Crippen molar-refractivity contribution >= 4 is 39.1 Å². The van der Waals surface area contributed by atoms with Gasteiger partial charge in [0.15, 0.2) is 0 Å². The summed E-state index contributed by atoms with van der Waals surface area (Å²) >= 11 is 6.35. The van der Waals surface area contributed by atoms with Crippen LogP contribution in [0.15, 0.2) is 83.8 Å². The van der Waals surface area contributed by atoms with Crippen molar-refractivity contribution in [3.8, 4) is 0 Å². The third kappa shape index (κ3) is 7.33. The molecule has 0 aliphatic rings. The molecule has 7 nitrogen and oxygen atoms in total. The number of benzene rings is 3. The number of anilines is 1. The fraction of sp³-hybridized carbons (Fsp3) is 0.286. The van der Waals surface area contributed by atoms with Crippen molar-refractivity contribution in [1.29, 1.82) is 0 Å². The fourth-order valence-corrected chi connectivity index (χ4v) is 5.31. The largest absolute Gasteiger partial charge is 0.354 e. The number of carbonyl (C=O) groups excluding carboxylic acids is 2. The van der Waals surface area contributed by atoms with Crippen molar-refractivity contribution in [3.05, 3.63) is 95.3 Å². The van der Waals surface area contributed by atoms with E-state index < -0.39 is 34.3 Å². The van der Waals surface area contributed by atoms with Gasteiger partial charge in [-0.15, -0.1) is 0 Å². The molecule has 0 heterocycles. The summed E-state index contributed by atoms with van der Waals surface area (Å²) in [5, 5.41) is 3.25. The van der Waals surface area contributed by atoms with Crippen molar-refractivity contribution < 1.29 is 22.4 Å². The summed E-state index contributed by atoms with van der Waals surface area (Å²) in [5.41, 5.74) is 0.860. The van der Waals surface area contributed by atoms with E-state index in [2.05, 4.69) is 5.32 Å². The fourth-order valence-electron chi connectivity index (χ4n) is 3.70. The van der Waals surface area contributed by atoms with Crippen LogP contribution in [0.1, 0.15) is 26.3 Å². The highest BCUT2D eigenvalue weighted by molar-refractivity contribution is 7.92. The van der Waals surface area contributed by atoms with Gasteiger partial charge in [0.1, 0.15) is 18.4 Å². The number of hydrogen-bond acceptors (Lipinski definition) is 4. The molecule has 1 atom stereocenters. The molecule has 2 amide bonds. The summed E-state index contributed by atoms with van der Waals surface area (Å²) in [4.78, 5) is 27.9. The number of halogens is 2. The molecule has 3 aromatic carbocycles. The van der Waals surface area contributed by atoms with Gasteiger partial charge in [0.05, 0.1) is 10.6 Å². The monoisotopic (exact) mass is 559 g/mol. The van der Waals surface area contributed by atoms with Crippen molar-refractivity contribution in [2.45, 2.75) is 38.3 Å². The minimum atomic E-state index is -4.26. The molecule has 0 saturated heterocycles. The Hall–Kier alpha value is -3.43. The second-order valence-electron chi connectivity index (χ2n) is 9.23. The Morgan fingerprint density at radius 2 is 1.53 bits per heavy atom. The van der Waals surface area contributed by atoms with E-state index in [9.17, 15) is 22.4 Å². The van der Waals surface area contributed by atoms with Gasteiger partial charge in [0, 0.05) is 18.1 Å². The summed E-state index contributed by atoms with van der Waals surface area (Å²) in [6.07, 6.45) is 0. The lowest BCUT2D eigenvalue weighted by Crippen LogP contribution is -2.51. The first-order chi connectivity index (χ1) is 18.0. The predicted molar refractivity (Wildman–Crippen MR) is 147 cm³/mol. The highest BCUT2D eigenvalue weighted by Crippen LogP contribution is 2.25. The Morgan fingerprint density at radius 3 is 2.13 bits per heavy atom. The summed E-state index contributed by atoms with van der Waals surface area (Å²) in [6.45, 7) is 5.33. The Labute approximate surface area is 228 Å². The maximum absolute atomic E-state index is 13.8. The lowest BCUT2D eigenvalue weighted by atomic mass is 10.1. The van der Waals surface area contributed by atoms with E-state index in [1.54, 1.807) is 61.5 Å². The quantitative estimate of drug-likeness (QED) is 0.363. The number of hydrogen-bond donors (Lipinski definition) is 1. The van der Waals surface area contributed by atoms with Gasteiger partial charge in [-0.25, -0.2) is 12.8 Å². The molecule has 3 rings (SSSR count). The smallest absolute Gasteiger partial charge is 0.264 e. The van der Waals surface area contributed by atoms with E-state index in [1.807, 2.05) is 13.8 Å². The minimum absolute atomic E-state index is 0.00595. The van der Waals surface area contributed by atoms with Crippen LogP contribution in [0.25, 0.3) is 0 Å². The molecule has 0 aliphatic heterocycles. The van der Waals surface area contributed by atoms with Gasteiger partial charge in [-0.05, 0) is 60.9 Å². The second-order valence-corrected chi connectivity index (χ2v) is 11.5. The predicted octanol–water partition coefficient (Wildman–Crippen LogP) is 4.86. The molecule has 0 saturated carbocycles. The summed E-state index contributed by atoms with van der Waals surface area (Å²) in [5.74, 6) is -1.36. The van der Waals surface area contributed by atoms with Gasteiger partial charge < -0.3 is 10.2 Å². The van der Waals surface area contributed by atoms with Crippen LogP contribution in [0.5, 0.6) is 0 Å². The summed E-state index contributed by atoms with van der Waals surface area (Å²) in [6, 6.07) is 18.6. The molecule has 1 N–H and O–H groups in total. The maximum Gasteiger partial charge on any atom is 0.264 e. The Bertz CT molecular complexity index is 1350. The number of nitrogens with one attached hydrogen (secondary N) is 1. The van der Waals surface area contributed by atoms with Crippen LogP contribution in [0.4, 0.5) is 10.1 Å². The first-order valence-electron chi connectivity index (χ1n) is 12.1. The molecule has 3 aromatic rings. The standard InChI is InChI=1S/C28H31ClFN3O4S/c1-20(2)17-31-28(35)21(3)32(18-22-9-7-8-12-26(22)29)27(34)19-33(24-10-5-4-6-11-24)38(36,37)25-15-13-23(30)14-16-25/h4-16,20-21H,17-19H2,1-3H3,(H,31,35)/t21-/m1/s1. The molecule has 0 bridgehead atoms. The summed E-state index contributed by atoms with van der Waals surface area (Å²) < 4.78 is 41.7. The van der Waals surface area contributed by atoms with Crippen molar-refractivity contribution in [2.75, 3.05) is 17.4 Å². The van der Waals surface area contributed by atoms with Crippen LogP contribution in [0.3, 0.4) is 0 Å². The van der Waals surface area contributed by atoms with E-state index in [0.717, 1.165) is 28.6 Å². The number of amides is 2. The topological polar surface area (TPSA) is 86.8 Å². The van der Waals surface area contributed by atoms with Gasteiger partial charge in [-0.1, -0.05) is 61.8 Å². The number of carbonyl (C=O) groups is 2. The normalized spacial score (nSPS) is 12.2. The van der Waals surface area contributed by atoms with E-state index in [0.29, 0.717) is 17.1 Å². The lowest BCUT2D eigenvalue weighted by molar-refractivity contribution is -0.139. The van der Waals surface area contributed by atoms with Crippen LogP contribution in [0.2, 0.25) is 5.02 Å². The molecule has 0 aromatic heterocycles. The van der Waals surface area contributed by atoms with E-state index in [4.69, 9.17) is 11.6 Å². The molecule has 0 spiro atoms. The molecule has 0 unspecified atom stereocenters. The lowest BCUT2D eigenvalue weighted by Gasteiger charge is -2.32. The molecular weight excluding hydrogens is 529 g/mol. The highest BCUT2D eigenvalue weighted by atomic mass is 35.5. The molecule has 0 fully saturated rings. The van der Waals surface area contributed by atoms with Crippen molar-refractivity contribution in [1.82, 2.24) is 10.2 Å². The third-order valence-corrected chi connectivity index (χ3v) is 8.03. The van der Waals surface area contributed by atoms with Crippen molar-refractivity contribution in [3.63, 3.8) is 0 Å². The van der Waals surface area contributed by atoms with Gasteiger partial charge in [-0.3, -0.25) is 13.9 Å². The van der Waals surface area contributed by atoms with Crippen LogP contribution in [-0.2, 0) is 26.2 Å². The number of nitrogens with zero attached hydrogens (tertiary/aromatic N) is 2. The zero-order valence-corrected chi connectivity index (χ0v) is 23.0. The minimum Gasteiger partial charge on any atom is -0.354 e. The van der Waals surface area contributed by atoms with Crippen molar-refractivity contribution in [2.24, 2.45) is 5.92 Å². The first-order valence-corrected chi connectivity index (χ1v) is 14.0. The van der Waals surface area contributed by atoms with Gasteiger partial charge in [-0.2, -0.15) is 0 Å². The molecular formula is C28H31ClFN3O4S. The molecule has 202 valence electrons. The van der Waals surface area contributed by atoms with Gasteiger partial charge >= 0.3 is 0 Å². The zero-order valence-electron chi connectivity index (χ0n) is 21.5.